The van der Waals surface area contributed by atoms with Gasteiger partial charge in [0, 0.05) is 6.42 Å². The first kappa shape index (κ1) is 22.0. The van der Waals surface area contributed by atoms with Gasteiger partial charge in [-0.1, -0.05) is 108 Å². The van der Waals surface area contributed by atoms with Crippen LogP contribution >= 0.6 is 0 Å². The van der Waals surface area contributed by atoms with Crippen molar-refractivity contribution >= 4 is 5.91 Å². The minimum absolute atomic E-state index is 0.236. The highest BCUT2D eigenvalue weighted by Gasteiger charge is 2.22. The summed E-state index contributed by atoms with van der Waals surface area (Å²) < 4.78 is 0. The lowest BCUT2D eigenvalue weighted by Crippen LogP contribution is -2.26. The van der Waals surface area contributed by atoms with Gasteiger partial charge in [0.2, 0.25) is 5.91 Å². The molecule has 2 rings (SSSR count). The van der Waals surface area contributed by atoms with Gasteiger partial charge in [-0.2, -0.15) is 0 Å². The van der Waals surface area contributed by atoms with Gasteiger partial charge in [-0.3, -0.25) is 4.79 Å². The Morgan fingerprint density at radius 3 is 2.04 bits per heavy atom. The zero-order chi connectivity index (χ0) is 19.2. The lowest BCUT2D eigenvalue weighted by atomic mass is 10.0. The SMILES string of the molecule is CCCCCCCCCCCCCCCC(=O)NC1CCc2ccccc21. The van der Waals surface area contributed by atoms with Gasteiger partial charge < -0.3 is 5.32 Å². The molecular formula is C25H41NO. The molecule has 1 N–H and O–H groups in total. The Bertz CT molecular complexity index is 525. The summed E-state index contributed by atoms with van der Waals surface area (Å²) in [6.07, 6.45) is 20.4. The van der Waals surface area contributed by atoms with Crippen LogP contribution in [0.1, 0.15) is 120 Å². The van der Waals surface area contributed by atoms with E-state index in [2.05, 4.69) is 36.5 Å². The third kappa shape index (κ3) is 8.95. The van der Waals surface area contributed by atoms with Crippen LogP contribution < -0.4 is 5.32 Å². The average Bonchev–Trinajstić information content (AvgIpc) is 3.08. The number of carbonyl (C=O) groups excluding carboxylic acids is 1. The smallest absolute Gasteiger partial charge is 0.220 e. The number of nitrogens with one attached hydrogen (secondary N) is 1. The summed E-state index contributed by atoms with van der Waals surface area (Å²) in [5, 5.41) is 3.24. The Morgan fingerprint density at radius 2 is 1.41 bits per heavy atom. The molecule has 1 aromatic carbocycles. The lowest BCUT2D eigenvalue weighted by molar-refractivity contribution is -0.121. The quantitative estimate of drug-likeness (QED) is 0.323. The number of rotatable bonds is 15. The van der Waals surface area contributed by atoms with Crippen molar-refractivity contribution in [2.24, 2.45) is 0 Å². The molecular weight excluding hydrogens is 330 g/mol. The topological polar surface area (TPSA) is 29.1 Å². The van der Waals surface area contributed by atoms with Crippen LogP contribution in [0.25, 0.3) is 0 Å². The second-order valence-corrected chi connectivity index (χ2v) is 8.35. The van der Waals surface area contributed by atoms with E-state index in [-0.39, 0.29) is 11.9 Å². The molecule has 1 aliphatic carbocycles. The monoisotopic (exact) mass is 371 g/mol. The van der Waals surface area contributed by atoms with Gasteiger partial charge in [-0.15, -0.1) is 0 Å². The fraction of sp³-hybridized carbons (Fsp3) is 0.720. The van der Waals surface area contributed by atoms with Crippen molar-refractivity contribution in [1.82, 2.24) is 5.32 Å². The Hall–Kier alpha value is -1.31. The van der Waals surface area contributed by atoms with Crippen LogP contribution in [0.3, 0.4) is 0 Å². The third-order valence-corrected chi connectivity index (χ3v) is 5.98. The minimum atomic E-state index is 0.236. The van der Waals surface area contributed by atoms with Crippen LogP contribution in [0.2, 0.25) is 0 Å². The largest absolute Gasteiger partial charge is 0.349 e. The van der Waals surface area contributed by atoms with Gasteiger partial charge in [0.1, 0.15) is 0 Å². The molecule has 152 valence electrons. The van der Waals surface area contributed by atoms with E-state index < -0.39 is 0 Å². The van der Waals surface area contributed by atoms with Gasteiger partial charge in [0.05, 0.1) is 6.04 Å². The van der Waals surface area contributed by atoms with Gasteiger partial charge in [-0.05, 0) is 30.4 Å². The fourth-order valence-electron chi connectivity index (χ4n) is 4.28. The third-order valence-electron chi connectivity index (χ3n) is 5.98. The Labute approximate surface area is 167 Å². The Morgan fingerprint density at radius 1 is 0.852 bits per heavy atom. The molecule has 0 saturated heterocycles. The summed E-state index contributed by atoms with van der Waals surface area (Å²) in [6.45, 7) is 2.28. The molecule has 1 atom stereocenters. The Kier molecular flexibility index (Phi) is 11.2. The lowest BCUT2D eigenvalue weighted by Gasteiger charge is -2.14. The van der Waals surface area contributed by atoms with Gasteiger partial charge in [0.25, 0.3) is 0 Å². The molecule has 0 bridgehead atoms. The van der Waals surface area contributed by atoms with Crippen LogP contribution in [-0.4, -0.2) is 5.91 Å². The number of unbranched alkanes of at least 4 members (excludes halogenated alkanes) is 12. The van der Waals surface area contributed by atoms with E-state index in [9.17, 15) is 4.79 Å². The first-order valence-corrected chi connectivity index (χ1v) is 11.7. The van der Waals surface area contributed by atoms with Crippen molar-refractivity contribution in [3.8, 4) is 0 Å². The maximum absolute atomic E-state index is 12.2. The van der Waals surface area contributed by atoms with Crippen molar-refractivity contribution < 1.29 is 4.79 Å². The van der Waals surface area contributed by atoms with E-state index in [1.54, 1.807) is 0 Å². The number of aryl methyl sites for hydroxylation is 1. The molecule has 1 aliphatic rings. The molecule has 0 aromatic heterocycles. The van der Waals surface area contributed by atoms with Crippen LogP contribution in [0, 0.1) is 0 Å². The summed E-state index contributed by atoms with van der Waals surface area (Å²) >= 11 is 0. The standard InChI is InChI=1S/C25H41NO/c1-2-3-4-5-6-7-8-9-10-11-12-13-14-19-25(27)26-24-21-20-22-17-15-16-18-23(22)24/h15-18,24H,2-14,19-21H2,1H3,(H,26,27). The van der Waals surface area contributed by atoms with Crippen LogP contribution in [-0.2, 0) is 11.2 Å². The predicted octanol–water partition coefficient (Wildman–Crippen LogP) is 7.27. The van der Waals surface area contributed by atoms with Gasteiger partial charge in [0.15, 0.2) is 0 Å². The molecule has 0 radical (unpaired) electrons. The normalized spacial score (nSPS) is 15.7. The van der Waals surface area contributed by atoms with Crippen LogP contribution in [0.15, 0.2) is 24.3 Å². The highest BCUT2D eigenvalue weighted by atomic mass is 16.1. The zero-order valence-electron chi connectivity index (χ0n) is 17.6. The molecule has 1 aromatic rings. The van der Waals surface area contributed by atoms with Crippen molar-refractivity contribution in [2.75, 3.05) is 0 Å². The van der Waals surface area contributed by atoms with E-state index in [1.807, 2.05) is 0 Å². The maximum atomic E-state index is 12.2. The second kappa shape index (κ2) is 13.8. The summed E-state index contributed by atoms with van der Waals surface area (Å²) in [6, 6.07) is 8.77. The minimum Gasteiger partial charge on any atom is -0.349 e. The summed E-state index contributed by atoms with van der Waals surface area (Å²) in [7, 11) is 0. The Balaban J connectivity index is 1.39. The van der Waals surface area contributed by atoms with E-state index >= 15 is 0 Å². The average molecular weight is 372 g/mol. The van der Waals surface area contributed by atoms with E-state index in [4.69, 9.17) is 0 Å². The highest BCUT2D eigenvalue weighted by Crippen LogP contribution is 2.30. The number of benzene rings is 1. The molecule has 0 aliphatic heterocycles. The van der Waals surface area contributed by atoms with E-state index in [0.717, 1.165) is 19.3 Å². The fourth-order valence-corrected chi connectivity index (χ4v) is 4.28. The maximum Gasteiger partial charge on any atom is 0.220 e. The first-order chi connectivity index (χ1) is 13.3. The van der Waals surface area contributed by atoms with Crippen molar-refractivity contribution in [1.29, 1.82) is 0 Å². The molecule has 2 nitrogen and oxygen atoms in total. The van der Waals surface area contributed by atoms with Crippen LogP contribution in [0.5, 0.6) is 0 Å². The van der Waals surface area contributed by atoms with Crippen molar-refractivity contribution in [2.45, 2.75) is 116 Å². The predicted molar refractivity (Wildman–Crippen MR) is 116 cm³/mol. The molecule has 27 heavy (non-hydrogen) atoms. The van der Waals surface area contributed by atoms with E-state index in [1.165, 1.54) is 88.2 Å². The molecule has 1 unspecified atom stereocenters. The summed E-state index contributed by atoms with van der Waals surface area (Å²) in [4.78, 5) is 12.2. The molecule has 0 saturated carbocycles. The van der Waals surface area contributed by atoms with Crippen LogP contribution in [0.4, 0.5) is 0 Å². The summed E-state index contributed by atoms with van der Waals surface area (Å²) in [5.41, 5.74) is 2.74. The number of hydrogen-bond donors (Lipinski definition) is 1. The second-order valence-electron chi connectivity index (χ2n) is 8.35. The molecule has 0 fully saturated rings. The number of hydrogen-bond acceptors (Lipinski definition) is 1. The van der Waals surface area contributed by atoms with Crippen molar-refractivity contribution in [3.63, 3.8) is 0 Å². The van der Waals surface area contributed by atoms with Crippen molar-refractivity contribution in [3.05, 3.63) is 35.4 Å². The molecule has 0 heterocycles. The number of carbonyl (C=O) groups is 1. The van der Waals surface area contributed by atoms with Gasteiger partial charge in [-0.25, -0.2) is 0 Å². The highest BCUT2D eigenvalue weighted by molar-refractivity contribution is 5.76. The number of fused-ring (bicyclic) bond motifs is 1. The molecule has 0 spiro atoms. The van der Waals surface area contributed by atoms with Gasteiger partial charge >= 0.3 is 0 Å². The van der Waals surface area contributed by atoms with E-state index in [0.29, 0.717) is 6.42 Å². The zero-order valence-corrected chi connectivity index (χ0v) is 17.6. The number of amides is 1. The molecule has 2 heteroatoms. The first-order valence-electron chi connectivity index (χ1n) is 11.7. The summed E-state index contributed by atoms with van der Waals surface area (Å²) in [5.74, 6) is 0.236. The molecule has 1 amide bonds.